The van der Waals surface area contributed by atoms with Crippen LogP contribution in [0.1, 0.15) is 32.0 Å². The Kier molecular flexibility index (Phi) is 5.23. The zero-order chi connectivity index (χ0) is 19.0. The zero-order valence-electron chi connectivity index (χ0n) is 15.3. The second-order valence-electron chi connectivity index (χ2n) is 6.46. The van der Waals surface area contributed by atoms with E-state index in [4.69, 9.17) is 0 Å². The van der Waals surface area contributed by atoms with E-state index in [1.54, 1.807) is 16.4 Å². The number of aromatic nitrogens is 4. The van der Waals surface area contributed by atoms with Crippen LogP contribution in [0.4, 0.5) is 0 Å². The SMILES string of the molecule is CCn1c(Sc2nc(C)ns2)nc2cc(S(=O)(=O)N3CCCCC3)ccc21. The molecule has 0 saturated carbocycles. The fourth-order valence-corrected chi connectivity index (χ4v) is 6.55. The number of imidazole rings is 1. The van der Waals surface area contributed by atoms with Gasteiger partial charge >= 0.3 is 0 Å². The van der Waals surface area contributed by atoms with Crippen LogP contribution >= 0.6 is 23.3 Å². The average Bonchev–Trinajstić information content (AvgIpc) is 3.24. The van der Waals surface area contributed by atoms with E-state index in [9.17, 15) is 8.42 Å². The smallest absolute Gasteiger partial charge is 0.243 e. The van der Waals surface area contributed by atoms with Crippen LogP contribution in [0.3, 0.4) is 0 Å². The molecule has 4 rings (SSSR count). The molecule has 1 aliphatic heterocycles. The largest absolute Gasteiger partial charge is 0.319 e. The molecule has 0 atom stereocenters. The number of sulfonamides is 1. The van der Waals surface area contributed by atoms with Crippen LogP contribution < -0.4 is 0 Å². The van der Waals surface area contributed by atoms with Crippen molar-refractivity contribution in [3.05, 3.63) is 24.0 Å². The van der Waals surface area contributed by atoms with E-state index in [2.05, 4.69) is 25.8 Å². The number of benzene rings is 1. The minimum atomic E-state index is -3.46. The number of hydrogen-bond acceptors (Lipinski definition) is 7. The molecule has 0 unspecified atom stereocenters. The van der Waals surface area contributed by atoms with Gasteiger partial charge in [0.2, 0.25) is 10.0 Å². The van der Waals surface area contributed by atoms with Gasteiger partial charge in [0.25, 0.3) is 0 Å². The molecule has 27 heavy (non-hydrogen) atoms. The highest BCUT2D eigenvalue weighted by Crippen LogP contribution is 2.32. The summed E-state index contributed by atoms with van der Waals surface area (Å²) in [4.78, 5) is 9.39. The van der Waals surface area contributed by atoms with Crippen molar-refractivity contribution in [1.82, 2.24) is 23.2 Å². The van der Waals surface area contributed by atoms with Crippen molar-refractivity contribution in [2.45, 2.75) is 54.0 Å². The normalized spacial score (nSPS) is 16.2. The monoisotopic (exact) mass is 423 g/mol. The van der Waals surface area contributed by atoms with E-state index >= 15 is 0 Å². The molecule has 1 fully saturated rings. The maximum Gasteiger partial charge on any atom is 0.243 e. The summed E-state index contributed by atoms with van der Waals surface area (Å²) >= 11 is 2.81. The van der Waals surface area contributed by atoms with Gasteiger partial charge in [0.15, 0.2) is 9.50 Å². The van der Waals surface area contributed by atoms with E-state index in [0.717, 1.165) is 46.6 Å². The van der Waals surface area contributed by atoms with Crippen molar-refractivity contribution in [3.8, 4) is 0 Å². The molecule has 1 aliphatic rings. The van der Waals surface area contributed by atoms with Gasteiger partial charge in [-0.1, -0.05) is 6.42 Å². The molecular weight excluding hydrogens is 402 g/mol. The second-order valence-corrected chi connectivity index (χ2v) is 10.4. The first-order valence-corrected chi connectivity index (χ1v) is 12.0. The minimum Gasteiger partial charge on any atom is -0.319 e. The molecule has 0 aliphatic carbocycles. The third-order valence-corrected chi connectivity index (χ3v) is 8.37. The number of fused-ring (bicyclic) bond motifs is 1. The van der Waals surface area contributed by atoms with Gasteiger partial charge < -0.3 is 4.57 Å². The summed E-state index contributed by atoms with van der Waals surface area (Å²) in [6, 6.07) is 5.25. The molecule has 0 radical (unpaired) electrons. The van der Waals surface area contributed by atoms with E-state index in [0.29, 0.717) is 23.5 Å². The van der Waals surface area contributed by atoms with Crippen LogP contribution in [0.2, 0.25) is 0 Å². The van der Waals surface area contributed by atoms with Crippen molar-refractivity contribution >= 4 is 44.4 Å². The fraction of sp³-hybridized carbons (Fsp3) is 0.471. The molecule has 144 valence electrons. The van der Waals surface area contributed by atoms with Crippen molar-refractivity contribution < 1.29 is 8.42 Å². The number of hydrogen-bond donors (Lipinski definition) is 0. The van der Waals surface area contributed by atoms with E-state index in [-0.39, 0.29) is 0 Å². The fourth-order valence-electron chi connectivity index (χ4n) is 3.28. The van der Waals surface area contributed by atoms with Crippen LogP contribution in [-0.4, -0.2) is 44.7 Å². The maximum atomic E-state index is 13.0. The Morgan fingerprint density at radius 1 is 1.19 bits per heavy atom. The lowest BCUT2D eigenvalue weighted by atomic mass is 10.2. The highest BCUT2D eigenvalue weighted by Gasteiger charge is 2.26. The van der Waals surface area contributed by atoms with Gasteiger partial charge in [-0.15, -0.1) is 0 Å². The van der Waals surface area contributed by atoms with E-state index in [1.165, 1.54) is 23.3 Å². The van der Waals surface area contributed by atoms with Gasteiger partial charge in [-0.2, -0.15) is 8.68 Å². The number of piperidine rings is 1. The molecule has 2 aromatic heterocycles. The quantitative estimate of drug-likeness (QED) is 0.624. The summed E-state index contributed by atoms with van der Waals surface area (Å²) < 4.78 is 34.6. The van der Waals surface area contributed by atoms with Gasteiger partial charge in [0.05, 0.1) is 15.9 Å². The third-order valence-electron chi connectivity index (χ3n) is 4.64. The van der Waals surface area contributed by atoms with Crippen LogP contribution in [0.5, 0.6) is 0 Å². The van der Waals surface area contributed by atoms with Gasteiger partial charge in [0.1, 0.15) is 5.82 Å². The topological polar surface area (TPSA) is 81.0 Å². The van der Waals surface area contributed by atoms with Crippen molar-refractivity contribution in [2.75, 3.05) is 13.1 Å². The van der Waals surface area contributed by atoms with Crippen molar-refractivity contribution in [3.63, 3.8) is 0 Å². The molecule has 7 nitrogen and oxygen atoms in total. The Balaban J connectivity index is 1.72. The first kappa shape index (κ1) is 18.9. The number of aryl methyl sites for hydroxylation is 2. The average molecular weight is 424 g/mol. The van der Waals surface area contributed by atoms with Crippen LogP contribution in [0.15, 0.2) is 32.6 Å². The molecule has 0 N–H and O–H groups in total. The summed E-state index contributed by atoms with van der Waals surface area (Å²) in [6.45, 7) is 5.85. The predicted octanol–water partition coefficient (Wildman–Crippen LogP) is 3.54. The highest BCUT2D eigenvalue weighted by molar-refractivity contribution is 8.00. The molecule has 1 saturated heterocycles. The summed E-state index contributed by atoms with van der Waals surface area (Å²) in [7, 11) is -3.46. The van der Waals surface area contributed by atoms with Gasteiger partial charge in [-0.05, 0) is 68.2 Å². The molecule has 0 spiro atoms. The van der Waals surface area contributed by atoms with E-state index < -0.39 is 10.0 Å². The van der Waals surface area contributed by atoms with Crippen LogP contribution in [-0.2, 0) is 16.6 Å². The van der Waals surface area contributed by atoms with Gasteiger partial charge in [-0.25, -0.2) is 18.4 Å². The summed E-state index contributed by atoms with van der Waals surface area (Å²) in [5, 5.41) is 0.802. The Hall–Kier alpha value is -1.49. The predicted molar refractivity (Wildman–Crippen MR) is 107 cm³/mol. The third kappa shape index (κ3) is 3.63. The lowest BCUT2D eigenvalue weighted by Crippen LogP contribution is -2.35. The number of nitrogens with zero attached hydrogens (tertiary/aromatic N) is 5. The Morgan fingerprint density at radius 3 is 2.63 bits per heavy atom. The van der Waals surface area contributed by atoms with Crippen LogP contribution in [0, 0.1) is 6.92 Å². The number of rotatable bonds is 5. The molecule has 1 aromatic carbocycles. The van der Waals surface area contributed by atoms with Crippen LogP contribution in [0.25, 0.3) is 11.0 Å². The van der Waals surface area contributed by atoms with Crippen molar-refractivity contribution in [1.29, 1.82) is 0 Å². The van der Waals surface area contributed by atoms with Gasteiger partial charge in [-0.3, -0.25) is 0 Å². The van der Waals surface area contributed by atoms with E-state index in [1.807, 2.05) is 13.0 Å². The Bertz CT molecular complexity index is 1070. The standard InChI is InChI=1S/C17H21N5O2S3/c1-3-22-15-8-7-13(27(23,24)21-9-5-4-6-10-21)11-14(15)19-16(22)25-17-18-12(2)20-26-17/h7-8,11H,3-6,9-10H2,1-2H3. The first-order chi connectivity index (χ1) is 13.0. The maximum absolute atomic E-state index is 13.0. The minimum absolute atomic E-state index is 0.320. The molecule has 3 aromatic rings. The molecule has 0 amide bonds. The lowest BCUT2D eigenvalue weighted by molar-refractivity contribution is 0.346. The summed E-state index contributed by atoms with van der Waals surface area (Å²) in [6.07, 6.45) is 2.94. The first-order valence-electron chi connectivity index (χ1n) is 8.97. The zero-order valence-corrected chi connectivity index (χ0v) is 17.7. The molecule has 0 bridgehead atoms. The second kappa shape index (κ2) is 7.50. The highest BCUT2D eigenvalue weighted by atomic mass is 32.2. The van der Waals surface area contributed by atoms with Gasteiger partial charge in [0, 0.05) is 19.6 Å². The lowest BCUT2D eigenvalue weighted by Gasteiger charge is -2.25. The molecule has 3 heterocycles. The summed E-state index contributed by atoms with van der Waals surface area (Å²) in [5.74, 6) is 0.747. The Morgan fingerprint density at radius 2 is 1.96 bits per heavy atom. The summed E-state index contributed by atoms with van der Waals surface area (Å²) in [5.41, 5.74) is 1.62. The Labute approximate surface area is 167 Å². The van der Waals surface area contributed by atoms with Crippen molar-refractivity contribution in [2.24, 2.45) is 0 Å². The molecular formula is C17H21N5O2S3. The molecule has 10 heteroatoms.